The van der Waals surface area contributed by atoms with Crippen LogP contribution in [0.4, 0.5) is 0 Å². The molecular weight excluding hydrogens is 196 g/mol. The van der Waals surface area contributed by atoms with Crippen LogP contribution in [-0.4, -0.2) is 42.2 Å². The van der Waals surface area contributed by atoms with E-state index in [1.807, 2.05) is 0 Å². The molecule has 0 aromatic heterocycles. The zero-order chi connectivity index (χ0) is 11.4. The zero-order valence-corrected chi connectivity index (χ0v) is 9.00. The standard InChI is InChI=1S/C9H16N4O2/c1-13(2)9(15)6-3-4-8(14)7(5-6)11-12-10/h6-8,14H,3-5H2,1-2H3/t6-,7+,8+/m0/s1. The first-order chi connectivity index (χ1) is 7.06. The van der Waals surface area contributed by atoms with E-state index in [-0.39, 0.29) is 11.8 Å². The third kappa shape index (κ3) is 2.84. The highest BCUT2D eigenvalue weighted by Crippen LogP contribution is 2.28. The minimum atomic E-state index is -0.605. The molecule has 0 spiro atoms. The molecule has 1 N–H and O–H groups in total. The van der Waals surface area contributed by atoms with Crippen molar-refractivity contribution in [2.75, 3.05) is 14.1 Å². The Labute approximate surface area is 88.5 Å². The van der Waals surface area contributed by atoms with Gasteiger partial charge in [-0.3, -0.25) is 4.79 Å². The molecule has 0 radical (unpaired) electrons. The Hall–Kier alpha value is -1.26. The number of amides is 1. The SMILES string of the molecule is CN(C)C(=O)[C@H]1CC[C@@H](O)[C@H](N=[N+]=[N-])C1. The molecule has 6 nitrogen and oxygen atoms in total. The fourth-order valence-electron chi connectivity index (χ4n) is 1.91. The number of azide groups is 1. The number of hydrogen-bond acceptors (Lipinski definition) is 3. The summed E-state index contributed by atoms with van der Waals surface area (Å²) in [6, 6.07) is -0.461. The molecule has 1 aliphatic rings. The van der Waals surface area contributed by atoms with Crippen LogP contribution < -0.4 is 0 Å². The van der Waals surface area contributed by atoms with E-state index in [1.165, 1.54) is 4.90 Å². The Kier molecular flexibility index (Phi) is 3.94. The third-order valence-electron chi connectivity index (χ3n) is 2.77. The largest absolute Gasteiger partial charge is 0.393 e. The molecule has 0 heterocycles. The second-order valence-electron chi connectivity index (χ2n) is 4.08. The molecule has 6 heteroatoms. The van der Waals surface area contributed by atoms with Crippen LogP contribution in [0.15, 0.2) is 5.11 Å². The van der Waals surface area contributed by atoms with Gasteiger partial charge in [-0.05, 0) is 24.8 Å². The van der Waals surface area contributed by atoms with Crippen LogP contribution in [0, 0.1) is 5.92 Å². The topological polar surface area (TPSA) is 89.3 Å². The highest BCUT2D eigenvalue weighted by atomic mass is 16.3. The minimum Gasteiger partial charge on any atom is -0.393 e. The summed E-state index contributed by atoms with van der Waals surface area (Å²) in [6.07, 6.45) is 1.03. The van der Waals surface area contributed by atoms with Gasteiger partial charge in [0.2, 0.25) is 5.91 Å². The Morgan fingerprint density at radius 3 is 2.73 bits per heavy atom. The first-order valence-corrected chi connectivity index (χ1v) is 4.99. The van der Waals surface area contributed by atoms with Crippen molar-refractivity contribution in [2.24, 2.45) is 11.0 Å². The van der Waals surface area contributed by atoms with Crippen molar-refractivity contribution in [3.8, 4) is 0 Å². The van der Waals surface area contributed by atoms with Crippen LogP contribution in [0.3, 0.4) is 0 Å². The van der Waals surface area contributed by atoms with Crippen molar-refractivity contribution in [1.82, 2.24) is 4.90 Å². The van der Waals surface area contributed by atoms with Crippen molar-refractivity contribution in [2.45, 2.75) is 31.4 Å². The average Bonchev–Trinajstić information content (AvgIpc) is 2.20. The number of hydrogen-bond donors (Lipinski definition) is 1. The predicted octanol–water partition coefficient (Wildman–Crippen LogP) is 0.914. The van der Waals surface area contributed by atoms with Crippen LogP contribution in [0.1, 0.15) is 19.3 Å². The molecule has 0 bridgehead atoms. The normalized spacial score (nSPS) is 30.5. The first kappa shape index (κ1) is 11.8. The molecule has 1 saturated carbocycles. The quantitative estimate of drug-likeness (QED) is 0.419. The Balaban J connectivity index is 2.65. The van der Waals surface area contributed by atoms with E-state index in [9.17, 15) is 9.90 Å². The summed E-state index contributed by atoms with van der Waals surface area (Å²) in [7, 11) is 3.41. The number of aliphatic hydroxyl groups is 1. The molecule has 0 unspecified atom stereocenters. The first-order valence-electron chi connectivity index (χ1n) is 4.99. The minimum absolute atomic E-state index is 0.0417. The predicted molar refractivity (Wildman–Crippen MR) is 55.0 cm³/mol. The molecule has 0 aromatic rings. The van der Waals surface area contributed by atoms with Gasteiger partial charge in [0, 0.05) is 24.9 Å². The van der Waals surface area contributed by atoms with Crippen molar-refractivity contribution in [1.29, 1.82) is 0 Å². The number of carbonyl (C=O) groups excluding carboxylic acids is 1. The fourth-order valence-corrected chi connectivity index (χ4v) is 1.91. The lowest BCUT2D eigenvalue weighted by atomic mass is 9.83. The summed E-state index contributed by atoms with van der Waals surface area (Å²) in [6.45, 7) is 0. The molecule has 0 saturated heterocycles. The lowest BCUT2D eigenvalue weighted by Crippen LogP contribution is -2.39. The van der Waals surface area contributed by atoms with Crippen LogP contribution >= 0.6 is 0 Å². The molecule has 0 aromatic carbocycles. The van der Waals surface area contributed by atoms with Crippen molar-refractivity contribution in [3.05, 3.63) is 10.4 Å². The highest BCUT2D eigenvalue weighted by Gasteiger charge is 2.32. The molecule has 15 heavy (non-hydrogen) atoms. The van der Waals surface area contributed by atoms with E-state index < -0.39 is 12.1 Å². The van der Waals surface area contributed by atoms with Gasteiger partial charge in [0.05, 0.1) is 12.1 Å². The van der Waals surface area contributed by atoms with Crippen molar-refractivity contribution in [3.63, 3.8) is 0 Å². The second kappa shape index (κ2) is 5.00. The van der Waals surface area contributed by atoms with E-state index in [2.05, 4.69) is 10.0 Å². The van der Waals surface area contributed by atoms with Gasteiger partial charge < -0.3 is 10.0 Å². The lowest BCUT2D eigenvalue weighted by molar-refractivity contribution is -0.134. The van der Waals surface area contributed by atoms with Gasteiger partial charge in [0.1, 0.15) is 0 Å². The maximum Gasteiger partial charge on any atom is 0.225 e. The Bertz CT molecular complexity index is 286. The summed E-state index contributed by atoms with van der Waals surface area (Å²) in [5.74, 6) is -0.0843. The number of aliphatic hydroxyl groups excluding tert-OH is 1. The van der Waals surface area contributed by atoms with E-state index in [4.69, 9.17) is 5.53 Å². The molecule has 1 fully saturated rings. The molecule has 1 aliphatic carbocycles. The van der Waals surface area contributed by atoms with Crippen molar-refractivity contribution >= 4 is 5.91 Å². The lowest BCUT2D eigenvalue weighted by Gasteiger charge is -2.31. The summed E-state index contributed by atoms with van der Waals surface area (Å²) in [5, 5.41) is 13.1. The van der Waals surface area contributed by atoms with Crippen LogP contribution in [0.2, 0.25) is 0 Å². The van der Waals surface area contributed by atoms with E-state index >= 15 is 0 Å². The summed E-state index contributed by atoms with van der Waals surface area (Å²) >= 11 is 0. The van der Waals surface area contributed by atoms with Gasteiger partial charge in [0.15, 0.2) is 0 Å². The zero-order valence-electron chi connectivity index (χ0n) is 9.00. The Morgan fingerprint density at radius 2 is 2.20 bits per heavy atom. The number of nitrogens with zero attached hydrogens (tertiary/aromatic N) is 4. The van der Waals surface area contributed by atoms with Crippen LogP contribution in [-0.2, 0) is 4.79 Å². The molecule has 1 amide bonds. The van der Waals surface area contributed by atoms with Gasteiger partial charge in [-0.15, -0.1) is 0 Å². The van der Waals surface area contributed by atoms with Gasteiger partial charge in [-0.25, -0.2) is 0 Å². The molecular formula is C9H16N4O2. The van der Waals surface area contributed by atoms with E-state index in [0.29, 0.717) is 19.3 Å². The van der Waals surface area contributed by atoms with Crippen LogP contribution in [0.5, 0.6) is 0 Å². The smallest absolute Gasteiger partial charge is 0.225 e. The average molecular weight is 212 g/mol. The van der Waals surface area contributed by atoms with Crippen molar-refractivity contribution < 1.29 is 9.90 Å². The summed E-state index contributed by atoms with van der Waals surface area (Å²) in [4.78, 5) is 15.9. The van der Waals surface area contributed by atoms with Gasteiger partial charge in [-0.1, -0.05) is 5.11 Å². The van der Waals surface area contributed by atoms with Gasteiger partial charge >= 0.3 is 0 Å². The third-order valence-corrected chi connectivity index (χ3v) is 2.77. The number of rotatable bonds is 2. The Morgan fingerprint density at radius 1 is 1.53 bits per heavy atom. The molecule has 0 aliphatic heterocycles. The molecule has 3 atom stereocenters. The van der Waals surface area contributed by atoms with E-state index in [0.717, 1.165) is 0 Å². The van der Waals surface area contributed by atoms with Crippen LogP contribution in [0.25, 0.3) is 10.4 Å². The highest BCUT2D eigenvalue weighted by molar-refractivity contribution is 5.78. The van der Waals surface area contributed by atoms with Gasteiger partial charge in [0.25, 0.3) is 0 Å². The maximum absolute atomic E-state index is 11.7. The van der Waals surface area contributed by atoms with Gasteiger partial charge in [-0.2, -0.15) is 0 Å². The summed E-state index contributed by atoms with van der Waals surface area (Å²) in [5.41, 5.74) is 8.32. The fraction of sp³-hybridized carbons (Fsp3) is 0.889. The molecule has 1 rings (SSSR count). The second-order valence-corrected chi connectivity index (χ2v) is 4.08. The number of carbonyl (C=O) groups is 1. The maximum atomic E-state index is 11.7. The monoisotopic (exact) mass is 212 g/mol. The van der Waals surface area contributed by atoms with E-state index in [1.54, 1.807) is 14.1 Å². The summed E-state index contributed by atoms with van der Waals surface area (Å²) < 4.78 is 0. The molecule has 84 valence electrons.